The van der Waals surface area contributed by atoms with Crippen LogP contribution in [-0.4, -0.2) is 15.2 Å². The number of thioether (sulfide) groups is 1. The van der Waals surface area contributed by atoms with Crippen molar-refractivity contribution < 1.29 is 13.2 Å². The summed E-state index contributed by atoms with van der Waals surface area (Å²) in [6.45, 7) is 1.96. The highest BCUT2D eigenvalue weighted by Crippen LogP contribution is 2.34. The van der Waals surface area contributed by atoms with Gasteiger partial charge >= 0.3 is 6.18 Å². The van der Waals surface area contributed by atoms with Gasteiger partial charge in [-0.25, -0.2) is 9.97 Å². The number of fused-ring (bicyclic) bond motifs is 1. The molecule has 1 heterocycles. The van der Waals surface area contributed by atoms with Gasteiger partial charge < -0.3 is 0 Å². The first kappa shape index (κ1) is 18.2. The number of hydrogen-bond acceptors (Lipinski definition) is 4. The zero-order valence-corrected chi connectivity index (χ0v) is 14.6. The highest BCUT2D eigenvalue weighted by Gasteiger charge is 2.35. The van der Waals surface area contributed by atoms with Gasteiger partial charge in [-0.05, 0) is 25.0 Å². The van der Waals surface area contributed by atoms with Crippen LogP contribution < -0.4 is 0 Å². The molecule has 7 heteroatoms. The average molecular weight is 373 g/mol. The molecule has 1 aromatic heterocycles. The van der Waals surface area contributed by atoms with E-state index in [1.165, 1.54) is 6.07 Å². The fourth-order valence-electron chi connectivity index (χ4n) is 2.45. The second-order valence-corrected chi connectivity index (χ2v) is 6.98. The van der Waals surface area contributed by atoms with Crippen LogP contribution >= 0.6 is 11.8 Å². The summed E-state index contributed by atoms with van der Waals surface area (Å²) in [5.41, 5.74) is 2.26. The molecule has 26 heavy (non-hydrogen) atoms. The SMILES string of the molecule is Cc1ccc(C[C@H](C#N)Sc2nc(C(F)(F)F)nc3ccccc23)cc1. The fourth-order valence-corrected chi connectivity index (χ4v) is 3.49. The number of benzene rings is 2. The fraction of sp³-hybridized carbons (Fsp3) is 0.211. The molecule has 0 N–H and O–H groups in total. The Morgan fingerprint density at radius 2 is 1.77 bits per heavy atom. The highest BCUT2D eigenvalue weighted by molar-refractivity contribution is 8.00. The van der Waals surface area contributed by atoms with Crippen molar-refractivity contribution in [3.63, 3.8) is 0 Å². The summed E-state index contributed by atoms with van der Waals surface area (Å²) < 4.78 is 39.3. The predicted octanol–water partition coefficient (Wildman–Crippen LogP) is 5.18. The van der Waals surface area contributed by atoms with Crippen LogP contribution in [0.4, 0.5) is 13.2 Å². The summed E-state index contributed by atoms with van der Waals surface area (Å²) >= 11 is 1.04. The third kappa shape index (κ3) is 4.14. The first-order valence-corrected chi connectivity index (χ1v) is 8.70. The number of nitrogens with zero attached hydrogens (tertiary/aromatic N) is 3. The third-order valence-corrected chi connectivity index (χ3v) is 4.85. The molecule has 3 aromatic rings. The quantitative estimate of drug-likeness (QED) is 0.467. The van der Waals surface area contributed by atoms with Crippen LogP contribution in [0.2, 0.25) is 0 Å². The minimum Gasteiger partial charge on any atom is -0.224 e. The van der Waals surface area contributed by atoms with Gasteiger partial charge in [0.25, 0.3) is 0 Å². The van der Waals surface area contributed by atoms with Gasteiger partial charge in [0.2, 0.25) is 5.82 Å². The van der Waals surface area contributed by atoms with E-state index >= 15 is 0 Å². The zero-order valence-electron chi connectivity index (χ0n) is 13.8. The van der Waals surface area contributed by atoms with Crippen molar-refractivity contribution >= 4 is 22.7 Å². The summed E-state index contributed by atoms with van der Waals surface area (Å²) in [4.78, 5) is 7.29. The number of nitriles is 1. The van der Waals surface area contributed by atoms with E-state index in [1.807, 2.05) is 31.2 Å². The lowest BCUT2D eigenvalue weighted by Gasteiger charge is -2.13. The number of halogens is 3. The number of para-hydroxylation sites is 1. The molecule has 3 rings (SSSR count). The van der Waals surface area contributed by atoms with Gasteiger partial charge in [0.15, 0.2) is 0 Å². The Kier molecular flexibility index (Phi) is 5.14. The molecule has 0 aliphatic carbocycles. The lowest BCUT2D eigenvalue weighted by Crippen LogP contribution is -2.13. The Bertz CT molecular complexity index is 962. The van der Waals surface area contributed by atoms with Crippen molar-refractivity contribution in [2.24, 2.45) is 0 Å². The molecule has 0 saturated carbocycles. The molecular weight excluding hydrogens is 359 g/mol. The van der Waals surface area contributed by atoms with Crippen molar-refractivity contribution in [1.82, 2.24) is 9.97 Å². The van der Waals surface area contributed by atoms with Gasteiger partial charge in [-0.3, -0.25) is 0 Å². The Hall–Kier alpha value is -2.59. The van der Waals surface area contributed by atoms with Crippen LogP contribution in [0.3, 0.4) is 0 Å². The molecule has 0 aliphatic rings. The van der Waals surface area contributed by atoms with Crippen molar-refractivity contribution in [3.05, 3.63) is 65.5 Å². The average Bonchev–Trinajstić information content (AvgIpc) is 2.62. The molecule has 2 aromatic carbocycles. The standard InChI is InChI=1S/C19H14F3N3S/c1-12-6-8-13(9-7-12)10-14(11-23)26-17-15-4-2-3-5-16(15)24-18(25-17)19(20,21)22/h2-9,14H,10H2,1H3/t14-/m1/s1. The number of aryl methyl sites for hydroxylation is 1. The van der Waals surface area contributed by atoms with Crippen LogP contribution in [0, 0.1) is 18.3 Å². The van der Waals surface area contributed by atoms with E-state index in [1.54, 1.807) is 18.2 Å². The van der Waals surface area contributed by atoms with Crippen LogP contribution in [0.25, 0.3) is 10.9 Å². The third-order valence-electron chi connectivity index (χ3n) is 3.76. The zero-order chi connectivity index (χ0) is 18.7. The van der Waals surface area contributed by atoms with Crippen LogP contribution in [-0.2, 0) is 12.6 Å². The van der Waals surface area contributed by atoms with E-state index in [0.717, 1.165) is 22.9 Å². The van der Waals surface area contributed by atoms with Crippen molar-refractivity contribution in [2.45, 2.75) is 29.8 Å². The molecular formula is C19H14F3N3S. The predicted molar refractivity (Wildman–Crippen MR) is 94.7 cm³/mol. The molecule has 0 saturated heterocycles. The van der Waals surface area contributed by atoms with Crippen LogP contribution in [0.15, 0.2) is 53.6 Å². The molecule has 0 fully saturated rings. The Balaban J connectivity index is 1.95. The smallest absolute Gasteiger partial charge is 0.224 e. The second kappa shape index (κ2) is 7.34. The maximum atomic E-state index is 13.1. The Labute approximate surface area is 152 Å². The van der Waals surface area contributed by atoms with E-state index in [9.17, 15) is 18.4 Å². The molecule has 0 amide bonds. The summed E-state index contributed by atoms with van der Waals surface area (Å²) in [6.07, 6.45) is -4.22. The van der Waals surface area contributed by atoms with E-state index < -0.39 is 17.3 Å². The van der Waals surface area contributed by atoms with Gasteiger partial charge in [0, 0.05) is 5.39 Å². The normalized spacial score (nSPS) is 12.7. The van der Waals surface area contributed by atoms with Crippen LogP contribution in [0.5, 0.6) is 0 Å². The number of hydrogen-bond donors (Lipinski definition) is 0. The summed E-state index contributed by atoms with van der Waals surface area (Å²) in [6, 6.07) is 16.4. The largest absolute Gasteiger partial charge is 0.451 e. The molecule has 0 radical (unpaired) electrons. The van der Waals surface area contributed by atoms with Crippen molar-refractivity contribution in [2.75, 3.05) is 0 Å². The minimum atomic E-state index is -4.64. The summed E-state index contributed by atoms with van der Waals surface area (Å²) in [5.74, 6) is -1.19. The molecule has 0 unspecified atom stereocenters. The van der Waals surface area contributed by atoms with Gasteiger partial charge in [-0.2, -0.15) is 18.4 Å². The monoisotopic (exact) mass is 373 g/mol. The molecule has 0 bridgehead atoms. The van der Waals surface area contributed by atoms with Crippen LogP contribution in [0.1, 0.15) is 17.0 Å². The highest BCUT2D eigenvalue weighted by atomic mass is 32.2. The number of alkyl halides is 3. The Morgan fingerprint density at radius 3 is 2.42 bits per heavy atom. The number of aromatic nitrogens is 2. The van der Waals surface area contributed by atoms with Gasteiger partial charge in [0.1, 0.15) is 10.3 Å². The van der Waals surface area contributed by atoms with Crippen molar-refractivity contribution in [1.29, 1.82) is 5.26 Å². The lowest BCUT2D eigenvalue weighted by molar-refractivity contribution is -0.145. The van der Waals surface area contributed by atoms with Gasteiger partial charge in [0.05, 0.1) is 11.6 Å². The Morgan fingerprint density at radius 1 is 1.08 bits per heavy atom. The molecule has 132 valence electrons. The number of rotatable bonds is 4. The topological polar surface area (TPSA) is 49.6 Å². The molecule has 1 atom stereocenters. The van der Waals surface area contributed by atoms with Gasteiger partial charge in [-0.15, -0.1) is 0 Å². The van der Waals surface area contributed by atoms with Gasteiger partial charge in [-0.1, -0.05) is 59.8 Å². The maximum Gasteiger partial charge on any atom is 0.451 e. The van der Waals surface area contributed by atoms with E-state index in [2.05, 4.69) is 16.0 Å². The first-order chi connectivity index (χ1) is 12.4. The van der Waals surface area contributed by atoms with E-state index in [0.29, 0.717) is 11.8 Å². The summed E-state index contributed by atoms with van der Waals surface area (Å²) in [7, 11) is 0. The van der Waals surface area contributed by atoms with E-state index in [4.69, 9.17) is 0 Å². The lowest BCUT2D eigenvalue weighted by atomic mass is 10.1. The van der Waals surface area contributed by atoms with Crippen molar-refractivity contribution in [3.8, 4) is 6.07 Å². The minimum absolute atomic E-state index is 0.168. The molecule has 0 spiro atoms. The van der Waals surface area contributed by atoms with E-state index in [-0.39, 0.29) is 10.5 Å². The maximum absolute atomic E-state index is 13.1. The first-order valence-electron chi connectivity index (χ1n) is 7.82. The molecule has 0 aliphatic heterocycles. The molecule has 3 nitrogen and oxygen atoms in total. The second-order valence-electron chi connectivity index (χ2n) is 5.79. The summed E-state index contributed by atoms with van der Waals surface area (Å²) in [5, 5.41) is 9.59.